The van der Waals surface area contributed by atoms with Crippen LogP contribution in [0.15, 0.2) is 24.3 Å². The average molecular weight is 312 g/mol. The maximum Gasteiger partial charge on any atom is 0.248 e. The van der Waals surface area contributed by atoms with Crippen molar-refractivity contribution in [3.8, 4) is 0 Å². The number of nitrogens with two attached hydrogens (primary N) is 1. The maximum atomic E-state index is 12.6. The second-order valence-electron chi connectivity index (χ2n) is 8.09. The van der Waals surface area contributed by atoms with Crippen LogP contribution in [0, 0.1) is 23.2 Å². The van der Waals surface area contributed by atoms with Crippen molar-refractivity contribution in [3.63, 3.8) is 0 Å². The molecule has 0 saturated heterocycles. The number of nitrogens with one attached hydrogen (secondary N) is 1. The van der Waals surface area contributed by atoms with E-state index in [0.29, 0.717) is 17.7 Å². The molecule has 4 saturated carbocycles. The number of hydrogen-bond donors (Lipinski definition) is 2. The molecule has 1 aromatic rings. The minimum absolute atomic E-state index is 0.0774. The van der Waals surface area contributed by atoms with Crippen molar-refractivity contribution in [2.45, 2.75) is 44.9 Å². The summed E-state index contributed by atoms with van der Waals surface area (Å²) in [4.78, 5) is 23.8. The molecule has 4 aliphatic rings. The quantitative estimate of drug-likeness (QED) is 0.895. The van der Waals surface area contributed by atoms with E-state index in [1.807, 2.05) is 6.07 Å². The summed E-state index contributed by atoms with van der Waals surface area (Å²) in [5, 5.41) is 2.97. The maximum absolute atomic E-state index is 12.6. The molecule has 5 rings (SSSR count). The van der Waals surface area contributed by atoms with Crippen LogP contribution in [-0.4, -0.2) is 11.8 Å². The smallest absolute Gasteiger partial charge is 0.248 e. The Balaban J connectivity index is 1.44. The Morgan fingerprint density at radius 3 is 2.26 bits per heavy atom. The summed E-state index contributed by atoms with van der Waals surface area (Å²) < 4.78 is 0. The number of rotatable bonds is 4. The third-order valence-electron chi connectivity index (χ3n) is 6.13. The molecule has 4 bridgehead atoms. The Morgan fingerprint density at radius 1 is 1.09 bits per heavy atom. The van der Waals surface area contributed by atoms with Gasteiger partial charge >= 0.3 is 0 Å². The summed E-state index contributed by atoms with van der Waals surface area (Å²) in [5.41, 5.74) is 6.62. The topological polar surface area (TPSA) is 72.2 Å². The van der Waals surface area contributed by atoms with E-state index in [9.17, 15) is 9.59 Å². The van der Waals surface area contributed by atoms with Crippen LogP contribution in [-0.2, 0) is 4.79 Å². The van der Waals surface area contributed by atoms with Crippen molar-refractivity contribution >= 4 is 17.5 Å². The molecule has 0 aromatic heterocycles. The van der Waals surface area contributed by atoms with Crippen LogP contribution < -0.4 is 11.1 Å². The minimum atomic E-state index is -0.470. The molecule has 3 N–H and O–H groups in total. The minimum Gasteiger partial charge on any atom is -0.366 e. The molecule has 4 heteroatoms. The number of anilines is 1. The molecule has 2 amide bonds. The average Bonchev–Trinajstić information content (AvgIpc) is 2.45. The Morgan fingerprint density at radius 2 is 1.70 bits per heavy atom. The molecule has 4 fully saturated rings. The van der Waals surface area contributed by atoms with Crippen molar-refractivity contribution in [2.24, 2.45) is 28.9 Å². The molecule has 0 spiro atoms. The molecule has 0 aliphatic heterocycles. The lowest BCUT2D eigenvalue weighted by molar-refractivity contribution is -0.124. The molecule has 0 radical (unpaired) electrons. The summed E-state index contributed by atoms with van der Waals surface area (Å²) in [7, 11) is 0. The summed E-state index contributed by atoms with van der Waals surface area (Å²) in [6, 6.07) is 6.88. The second kappa shape index (κ2) is 5.36. The van der Waals surface area contributed by atoms with Gasteiger partial charge in [0, 0.05) is 17.7 Å². The first-order valence-electron chi connectivity index (χ1n) is 8.71. The number of primary amides is 1. The first kappa shape index (κ1) is 14.7. The van der Waals surface area contributed by atoms with E-state index < -0.39 is 5.91 Å². The van der Waals surface area contributed by atoms with E-state index in [2.05, 4.69) is 5.32 Å². The van der Waals surface area contributed by atoms with Gasteiger partial charge < -0.3 is 11.1 Å². The largest absolute Gasteiger partial charge is 0.366 e. The molecule has 0 unspecified atom stereocenters. The highest BCUT2D eigenvalue weighted by atomic mass is 16.2. The van der Waals surface area contributed by atoms with Gasteiger partial charge in [0.05, 0.1) is 0 Å². The molecule has 4 aliphatic carbocycles. The van der Waals surface area contributed by atoms with Gasteiger partial charge in [-0.3, -0.25) is 9.59 Å². The van der Waals surface area contributed by atoms with Crippen LogP contribution >= 0.6 is 0 Å². The van der Waals surface area contributed by atoms with Crippen LogP contribution in [0.4, 0.5) is 5.69 Å². The Labute approximate surface area is 136 Å². The van der Waals surface area contributed by atoms with Crippen LogP contribution in [0.2, 0.25) is 0 Å². The Bertz CT molecular complexity index is 617. The first-order chi connectivity index (χ1) is 11.0. The zero-order valence-electron chi connectivity index (χ0n) is 13.4. The van der Waals surface area contributed by atoms with E-state index in [4.69, 9.17) is 5.73 Å². The standard InChI is InChI=1S/C19H24N2O2/c20-18(23)15-2-1-3-16(7-15)21-17(22)11-19-8-12-4-13(9-19)6-14(5-12)10-19/h1-3,7,12-14H,4-6,8-11H2,(H2,20,23)(H,21,22). The molecule has 4 nitrogen and oxygen atoms in total. The van der Waals surface area contributed by atoms with E-state index in [-0.39, 0.29) is 11.3 Å². The van der Waals surface area contributed by atoms with Gasteiger partial charge in [-0.1, -0.05) is 6.07 Å². The van der Waals surface area contributed by atoms with Gasteiger partial charge in [-0.05, 0) is 79.9 Å². The number of carbonyl (C=O) groups is 2. The number of hydrogen-bond acceptors (Lipinski definition) is 2. The molecular formula is C19H24N2O2. The molecular weight excluding hydrogens is 288 g/mol. The lowest BCUT2D eigenvalue weighted by atomic mass is 9.49. The zero-order valence-corrected chi connectivity index (χ0v) is 13.4. The first-order valence-corrected chi connectivity index (χ1v) is 8.71. The number of benzene rings is 1. The molecule has 0 heterocycles. The third kappa shape index (κ3) is 2.87. The van der Waals surface area contributed by atoms with Gasteiger partial charge in [0.2, 0.25) is 11.8 Å². The van der Waals surface area contributed by atoms with E-state index in [1.165, 1.54) is 38.5 Å². The molecule has 1 aromatic carbocycles. The molecule has 0 atom stereocenters. The van der Waals surface area contributed by atoms with Crippen molar-refractivity contribution in [3.05, 3.63) is 29.8 Å². The van der Waals surface area contributed by atoms with Gasteiger partial charge in [-0.2, -0.15) is 0 Å². The van der Waals surface area contributed by atoms with Gasteiger partial charge in [0.15, 0.2) is 0 Å². The molecule has 23 heavy (non-hydrogen) atoms. The van der Waals surface area contributed by atoms with E-state index in [1.54, 1.807) is 18.2 Å². The monoisotopic (exact) mass is 312 g/mol. The van der Waals surface area contributed by atoms with Crippen LogP contribution in [0.3, 0.4) is 0 Å². The SMILES string of the molecule is NC(=O)c1cccc(NC(=O)CC23CC4CC(CC(C4)C2)C3)c1. The molecule has 122 valence electrons. The lowest BCUT2D eigenvalue weighted by Crippen LogP contribution is -2.47. The van der Waals surface area contributed by atoms with Crippen molar-refractivity contribution < 1.29 is 9.59 Å². The van der Waals surface area contributed by atoms with Crippen LogP contribution in [0.5, 0.6) is 0 Å². The summed E-state index contributed by atoms with van der Waals surface area (Å²) in [5.74, 6) is 2.17. The lowest BCUT2D eigenvalue weighted by Gasteiger charge is -2.56. The predicted octanol–water partition coefficient (Wildman–Crippen LogP) is 3.33. The van der Waals surface area contributed by atoms with Crippen LogP contribution in [0.25, 0.3) is 0 Å². The van der Waals surface area contributed by atoms with E-state index >= 15 is 0 Å². The van der Waals surface area contributed by atoms with Crippen molar-refractivity contribution in [1.29, 1.82) is 0 Å². The van der Waals surface area contributed by atoms with Gasteiger partial charge in [0.1, 0.15) is 0 Å². The van der Waals surface area contributed by atoms with Gasteiger partial charge in [-0.25, -0.2) is 0 Å². The van der Waals surface area contributed by atoms with E-state index in [0.717, 1.165) is 17.8 Å². The Kier molecular flexibility index (Phi) is 3.43. The van der Waals surface area contributed by atoms with Gasteiger partial charge in [0.25, 0.3) is 0 Å². The third-order valence-corrected chi connectivity index (χ3v) is 6.13. The highest BCUT2D eigenvalue weighted by Crippen LogP contribution is 2.61. The second-order valence-corrected chi connectivity index (χ2v) is 8.09. The van der Waals surface area contributed by atoms with Crippen molar-refractivity contribution in [1.82, 2.24) is 0 Å². The van der Waals surface area contributed by atoms with Crippen LogP contribution in [0.1, 0.15) is 55.3 Å². The van der Waals surface area contributed by atoms with Crippen molar-refractivity contribution in [2.75, 3.05) is 5.32 Å². The fraction of sp³-hybridized carbons (Fsp3) is 0.579. The normalized spacial score (nSPS) is 34.3. The number of amides is 2. The Hall–Kier alpha value is -1.84. The highest BCUT2D eigenvalue weighted by molar-refractivity contribution is 5.96. The number of carbonyl (C=O) groups excluding carboxylic acids is 2. The summed E-state index contributed by atoms with van der Waals surface area (Å²) in [6.07, 6.45) is 8.48. The summed E-state index contributed by atoms with van der Waals surface area (Å²) in [6.45, 7) is 0. The van der Waals surface area contributed by atoms with Gasteiger partial charge in [-0.15, -0.1) is 0 Å². The fourth-order valence-electron chi connectivity index (χ4n) is 5.80. The predicted molar refractivity (Wildman–Crippen MR) is 88.8 cm³/mol. The fourth-order valence-corrected chi connectivity index (χ4v) is 5.80. The zero-order chi connectivity index (χ0) is 16.0. The highest BCUT2D eigenvalue weighted by Gasteiger charge is 2.51. The summed E-state index contributed by atoms with van der Waals surface area (Å²) >= 11 is 0.